The van der Waals surface area contributed by atoms with E-state index in [1.165, 1.54) is 49.9 Å². The van der Waals surface area contributed by atoms with Crippen molar-refractivity contribution in [2.45, 2.75) is 76.8 Å². The minimum Gasteiger partial charge on any atom is -0.508 e. The van der Waals surface area contributed by atoms with E-state index in [1.54, 1.807) is 0 Å². The number of piperazine rings is 1. The zero-order valence-corrected chi connectivity index (χ0v) is 28.0. The Morgan fingerprint density at radius 1 is 1.04 bits per heavy atom. The number of phenols is 1. The number of fused-ring (bicyclic) bond motifs is 3. The fraction of sp³-hybridized carbons (Fsp3) is 0.513. The maximum Gasteiger partial charge on any atom is 0.319 e. The quantitative estimate of drug-likeness (QED) is 0.221. The average molecular weight is 665 g/mol. The first-order valence-electron chi connectivity index (χ1n) is 18.0. The van der Waals surface area contributed by atoms with Crippen LogP contribution in [0.4, 0.5) is 14.6 Å². The fourth-order valence-electron chi connectivity index (χ4n) is 8.88. The van der Waals surface area contributed by atoms with Crippen LogP contribution in [0.25, 0.3) is 32.9 Å². The molecule has 8 nitrogen and oxygen atoms in total. The van der Waals surface area contributed by atoms with E-state index in [1.807, 2.05) is 0 Å². The number of rotatable bonds is 7. The third-order valence-corrected chi connectivity index (χ3v) is 12.2. The maximum absolute atomic E-state index is 17.1. The van der Waals surface area contributed by atoms with Gasteiger partial charge < -0.3 is 25.0 Å². The van der Waals surface area contributed by atoms with Crippen molar-refractivity contribution in [3.63, 3.8) is 0 Å². The number of halogens is 2. The second kappa shape index (κ2) is 11.5. The van der Waals surface area contributed by atoms with Crippen molar-refractivity contribution in [2.24, 2.45) is 10.8 Å². The number of terminal acetylenes is 1. The number of aromatic nitrogens is 3. The average Bonchev–Trinajstić information content (AvgIpc) is 4.05. The predicted octanol–water partition coefficient (Wildman–Crippen LogP) is 6.35. The Labute approximate surface area is 285 Å². The van der Waals surface area contributed by atoms with Crippen molar-refractivity contribution in [3.05, 3.63) is 47.2 Å². The highest BCUT2D eigenvalue weighted by Gasteiger charge is 2.49. The summed E-state index contributed by atoms with van der Waals surface area (Å²) in [6.07, 6.45) is 15.7. The summed E-state index contributed by atoms with van der Waals surface area (Å²) in [7, 11) is 0. The number of piperidine rings is 1. The lowest BCUT2D eigenvalue weighted by Gasteiger charge is -2.42. The number of phenolic OH excluding ortho intramolecular Hbond substituents is 1. The van der Waals surface area contributed by atoms with Crippen LogP contribution in [0.1, 0.15) is 69.5 Å². The van der Waals surface area contributed by atoms with E-state index in [9.17, 15) is 5.11 Å². The SMILES string of the molecule is C#Cc1c(F)ccc2cc(O)cc(-c3nc4c5c(nc(OCC6(CN7CCC8(CC7)CC8)CC6)nc5c3F)N3CCN[C@@H](CC)[C@H]3CC4)c12. The molecule has 10 heteroatoms. The predicted molar refractivity (Wildman–Crippen MR) is 186 cm³/mol. The number of hydrogen-bond donors (Lipinski definition) is 2. The van der Waals surface area contributed by atoms with Gasteiger partial charge in [-0.15, -0.1) is 6.42 Å². The molecule has 1 spiro atoms. The van der Waals surface area contributed by atoms with E-state index >= 15 is 8.78 Å². The van der Waals surface area contributed by atoms with Crippen LogP contribution >= 0.6 is 0 Å². The van der Waals surface area contributed by atoms with Gasteiger partial charge in [-0.3, -0.25) is 0 Å². The molecule has 2 saturated heterocycles. The van der Waals surface area contributed by atoms with Crippen molar-refractivity contribution >= 4 is 27.5 Å². The van der Waals surface area contributed by atoms with Crippen molar-refractivity contribution < 1.29 is 18.6 Å². The molecule has 0 radical (unpaired) electrons. The normalized spacial score (nSPS) is 23.7. The molecule has 2 N–H and O–H groups in total. The van der Waals surface area contributed by atoms with Gasteiger partial charge in [-0.2, -0.15) is 9.97 Å². The molecule has 2 aromatic carbocycles. The zero-order valence-electron chi connectivity index (χ0n) is 28.0. The zero-order chi connectivity index (χ0) is 33.5. The molecule has 254 valence electrons. The molecule has 4 fully saturated rings. The first-order valence-corrected chi connectivity index (χ1v) is 18.0. The molecular formula is C39H42F2N6O2. The van der Waals surface area contributed by atoms with Gasteiger partial charge in [0.25, 0.3) is 0 Å². The number of aryl methyl sites for hydroxylation is 1. The number of nitrogens with zero attached hydrogens (tertiary/aromatic N) is 5. The molecule has 2 aromatic heterocycles. The fourth-order valence-corrected chi connectivity index (χ4v) is 8.88. The van der Waals surface area contributed by atoms with Crippen LogP contribution in [0.15, 0.2) is 24.3 Å². The van der Waals surface area contributed by atoms with E-state index in [2.05, 4.69) is 28.0 Å². The van der Waals surface area contributed by atoms with E-state index in [0.29, 0.717) is 46.1 Å². The van der Waals surface area contributed by atoms with Crippen LogP contribution in [0, 0.1) is 34.8 Å². The van der Waals surface area contributed by atoms with Gasteiger partial charge in [-0.05, 0) is 99.9 Å². The van der Waals surface area contributed by atoms with Crippen LogP contribution in [0.2, 0.25) is 0 Å². The minimum absolute atomic E-state index is 0.00297. The molecule has 0 unspecified atom stereocenters. The van der Waals surface area contributed by atoms with E-state index < -0.39 is 11.6 Å². The van der Waals surface area contributed by atoms with Crippen LogP contribution in [-0.2, 0) is 6.42 Å². The Kier molecular flexibility index (Phi) is 7.26. The summed E-state index contributed by atoms with van der Waals surface area (Å²) in [5.41, 5.74) is 1.69. The van der Waals surface area contributed by atoms with Crippen LogP contribution in [0.5, 0.6) is 11.8 Å². The molecule has 3 aliphatic heterocycles. The maximum atomic E-state index is 17.1. The first-order chi connectivity index (χ1) is 23.8. The first kappa shape index (κ1) is 30.9. The molecule has 4 aromatic rings. The number of aromatic hydroxyl groups is 1. The van der Waals surface area contributed by atoms with Gasteiger partial charge in [0.2, 0.25) is 0 Å². The van der Waals surface area contributed by atoms with Crippen molar-refractivity contribution in [3.8, 4) is 35.4 Å². The number of hydrogen-bond acceptors (Lipinski definition) is 8. The van der Waals surface area contributed by atoms with Gasteiger partial charge in [-0.1, -0.05) is 18.9 Å². The van der Waals surface area contributed by atoms with E-state index in [0.717, 1.165) is 58.4 Å². The van der Waals surface area contributed by atoms with Crippen LogP contribution in [-0.4, -0.2) is 76.4 Å². The lowest BCUT2D eigenvalue weighted by molar-refractivity contribution is 0.115. The lowest BCUT2D eigenvalue weighted by Crippen LogP contribution is -2.58. The Bertz CT molecular complexity index is 2030. The van der Waals surface area contributed by atoms with Gasteiger partial charge in [0.05, 0.1) is 23.3 Å². The van der Waals surface area contributed by atoms with Gasteiger partial charge in [-0.25, -0.2) is 13.8 Å². The Balaban J connectivity index is 1.15. The molecule has 2 aliphatic carbocycles. The summed E-state index contributed by atoms with van der Waals surface area (Å²) in [4.78, 5) is 19.6. The Morgan fingerprint density at radius 2 is 1.86 bits per heavy atom. The van der Waals surface area contributed by atoms with Crippen LogP contribution in [0.3, 0.4) is 0 Å². The topological polar surface area (TPSA) is 86.6 Å². The molecule has 0 amide bonds. The number of ether oxygens (including phenoxy) is 1. The summed E-state index contributed by atoms with van der Waals surface area (Å²) >= 11 is 0. The molecule has 9 rings (SSSR count). The standard InChI is InChI=1S/C39H42F2N6O2/c1-3-25-27(40)6-5-23-19-24(48)20-26(31(23)25)34-33(41)35-32-29(43-34)7-8-30-28(4-2)42-15-18-47(30)36(32)45-37(44-35)49-22-39(11-12-39)21-46-16-13-38(9-10-38)14-17-46/h1,5-6,19-20,28,30,42,48H,4,7-18,21-22H2,2H3/t28-,30+/m0/s1. The van der Waals surface area contributed by atoms with Crippen molar-refractivity contribution in [1.29, 1.82) is 0 Å². The summed E-state index contributed by atoms with van der Waals surface area (Å²) in [6, 6.07) is 6.24. The molecule has 5 aliphatic rings. The Morgan fingerprint density at radius 3 is 2.59 bits per heavy atom. The van der Waals surface area contributed by atoms with Crippen molar-refractivity contribution in [2.75, 3.05) is 44.2 Å². The third kappa shape index (κ3) is 5.28. The smallest absolute Gasteiger partial charge is 0.319 e. The second-order valence-corrected chi connectivity index (χ2v) is 15.3. The summed E-state index contributed by atoms with van der Waals surface area (Å²) in [5, 5.41) is 15.8. The monoisotopic (exact) mass is 664 g/mol. The van der Waals surface area contributed by atoms with Gasteiger partial charge in [0.1, 0.15) is 28.6 Å². The van der Waals surface area contributed by atoms with Crippen LogP contribution < -0.4 is 15.0 Å². The van der Waals surface area contributed by atoms with Gasteiger partial charge in [0, 0.05) is 48.1 Å². The highest BCUT2D eigenvalue weighted by molar-refractivity contribution is 6.03. The highest BCUT2D eigenvalue weighted by atomic mass is 19.1. The molecule has 5 heterocycles. The summed E-state index contributed by atoms with van der Waals surface area (Å²) < 4.78 is 38.6. The number of anilines is 1. The van der Waals surface area contributed by atoms with E-state index in [4.69, 9.17) is 26.1 Å². The largest absolute Gasteiger partial charge is 0.508 e. The van der Waals surface area contributed by atoms with Crippen molar-refractivity contribution in [1.82, 2.24) is 25.2 Å². The van der Waals surface area contributed by atoms with Gasteiger partial charge in [0.15, 0.2) is 5.82 Å². The van der Waals surface area contributed by atoms with Gasteiger partial charge >= 0.3 is 6.01 Å². The molecule has 0 bridgehead atoms. The molecular weight excluding hydrogens is 622 g/mol. The second-order valence-electron chi connectivity index (χ2n) is 15.3. The highest BCUT2D eigenvalue weighted by Crippen LogP contribution is 2.55. The lowest BCUT2D eigenvalue weighted by atomic mass is 9.93. The van der Waals surface area contributed by atoms with E-state index in [-0.39, 0.29) is 51.6 Å². The molecule has 2 saturated carbocycles. The molecule has 2 atom stereocenters. The number of likely N-dealkylation sites (tertiary alicyclic amines) is 1. The number of pyridine rings is 1. The summed E-state index contributed by atoms with van der Waals surface area (Å²) in [5.74, 6) is 1.73. The summed E-state index contributed by atoms with van der Waals surface area (Å²) in [6.45, 7) is 7.48. The third-order valence-electron chi connectivity index (χ3n) is 12.2. The number of benzene rings is 2. The minimum atomic E-state index is -0.671. The molecule has 49 heavy (non-hydrogen) atoms. The Hall–Kier alpha value is -4.07. The number of nitrogens with one attached hydrogen (secondary N) is 1.